The van der Waals surface area contributed by atoms with Crippen molar-refractivity contribution < 1.29 is 9.45 Å². The van der Waals surface area contributed by atoms with Crippen LogP contribution in [-0.2, 0) is 9.45 Å². The molecule has 2 radical (unpaired) electrons. The highest BCUT2D eigenvalue weighted by molar-refractivity contribution is 6.05. The fourth-order valence-electron chi connectivity index (χ4n) is 2.70. The zero-order valence-corrected chi connectivity index (χ0v) is 14.2. The lowest BCUT2D eigenvalue weighted by atomic mass is 10.0. The average Bonchev–Trinajstić information content (AvgIpc) is 2.50. The predicted octanol–water partition coefficient (Wildman–Crippen LogP) is 5.87. The van der Waals surface area contributed by atoms with Gasteiger partial charge in [0.25, 0.3) is 5.97 Å². The molecule has 0 rings (SSSR count). The third-order valence-corrected chi connectivity index (χ3v) is 4.12. The van der Waals surface area contributed by atoms with Crippen LogP contribution < -0.4 is 0 Å². The van der Waals surface area contributed by atoms with E-state index < -0.39 is 0 Å². The van der Waals surface area contributed by atoms with Crippen molar-refractivity contribution in [3.63, 3.8) is 0 Å². The molecule has 122 valence electrons. The average molecular weight is 294 g/mol. The lowest BCUT2D eigenvalue weighted by molar-refractivity contribution is -0.134. The Hall–Kier alpha value is -0.465. The first-order valence-corrected chi connectivity index (χ1v) is 9.20. The van der Waals surface area contributed by atoms with E-state index in [-0.39, 0.29) is 5.97 Å². The van der Waals surface area contributed by atoms with Gasteiger partial charge >= 0.3 is 8.05 Å². The van der Waals surface area contributed by atoms with E-state index in [0.29, 0.717) is 6.42 Å². The molecule has 0 heterocycles. The Balaban J connectivity index is 2.98. The second kappa shape index (κ2) is 17.6. The van der Waals surface area contributed by atoms with E-state index in [9.17, 15) is 4.79 Å². The summed E-state index contributed by atoms with van der Waals surface area (Å²) in [6.45, 7) is 2.27. The first kappa shape index (κ1) is 20.5. The fraction of sp³-hybridized carbons (Fsp3) is 0.944. The fourth-order valence-corrected chi connectivity index (χ4v) is 2.70. The monoisotopic (exact) mass is 294 g/mol. The van der Waals surface area contributed by atoms with E-state index in [1.54, 1.807) is 0 Å². The van der Waals surface area contributed by atoms with E-state index in [4.69, 9.17) is 8.05 Å². The van der Waals surface area contributed by atoms with Crippen LogP contribution in [0.5, 0.6) is 0 Å². The molecule has 0 N–H and O–H groups in total. The maximum Gasteiger partial charge on any atom is 0.378 e. The molecule has 0 atom stereocenters. The lowest BCUT2D eigenvalue weighted by Gasteiger charge is -2.03. The molecule has 0 saturated carbocycles. The zero-order chi connectivity index (χ0) is 15.6. The Labute approximate surface area is 133 Å². The molecule has 3 heteroatoms. The Morgan fingerprint density at radius 3 is 1.33 bits per heavy atom. The lowest BCUT2D eigenvalue weighted by Crippen LogP contribution is -2.00. The van der Waals surface area contributed by atoms with Gasteiger partial charge in [-0.15, -0.1) is 0 Å². The quantitative estimate of drug-likeness (QED) is 0.263. The van der Waals surface area contributed by atoms with E-state index in [0.717, 1.165) is 12.8 Å². The number of carbonyl (C=O) groups is 1. The predicted molar refractivity (Wildman–Crippen MR) is 91.4 cm³/mol. The van der Waals surface area contributed by atoms with Gasteiger partial charge in [-0.1, -0.05) is 96.8 Å². The maximum absolute atomic E-state index is 10.8. The van der Waals surface area contributed by atoms with Crippen LogP contribution >= 0.6 is 0 Å². The van der Waals surface area contributed by atoms with Gasteiger partial charge in [-0.3, -0.25) is 4.79 Å². The molecular weight excluding hydrogens is 259 g/mol. The zero-order valence-electron chi connectivity index (χ0n) is 14.2. The molecule has 0 aliphatic rings. The summed E-state index contributed by atoms with van der Waals surface area (Å²) in [4.78, 5) is 10.8. The van der Waals surface area contributed by atoms with Crippen molar-refractivity contribution in [3.05, 3.63) is 0 Å². The third-order valence-electron chi connectivity index (χ3n) is 4.12. The SMILES string of the molecule is [B]OC(=O)CCCCCCCCCCCCCCCCC. The number of hydrogen-bond donors (Lipinski definition) is 0. The van der Waals surface area contributed by atoms with Gasteiger partial charge in [0.1, 0.15) is 0 Å². The smallest absolute Gasteiger partial charge is 0.378 e. The van der Waals surface area contributed by atoms with Gasteiger partial charge in [0.15, 0.2) is 0 Å². The van der Waals surface area contributed by atoms with Crippen LogP contribution in [0.15, 0.2) is 0 Å². The van der Waals surface area contributed by atoms with Crippen LogP contribution in [-0.4, -0.2) is 14.0 Å². The van der Waals surface area contributed by atoms with Crippen LogP contribution in [0.1, 0.15) is 110 Å². The summed E-state index contributed by atoms with van der Waals surface area (Å²) in [7, 11) is 4.78. The number of unbranched alkanes of at least 4 members (excludes halogenated alkanes) is 14. The molecule has 0 saturated heterocycles. The summed E-state index contributed by atoms with van der Waals surface area (Å²) >= 11 is 0. The van der Waals surface area contributed by atoms with Crippen molar-refractivity contribution in [2.45, 2.75) is 110 Å². The summed E-state index contributed by atoms with van der Waals surface area (Å²) in [5.41, 5.74) is 0. The first-order chi connectivity index (χ1) is 10.3. The highest BCUT2D eigenvalue weighted by Crippen LogP contribution is 2.13. The van der Waals surface area contributed by atoms with E-state index in [1.807, 2.05) is 0 Å². The second-order valence-corrected chi connectivity index (χ2v) is 6.19. The maximum atomic E-state index is 10.8. The molecule has 0 aromatic heterocycles. The Morgan fingerprint density at radius 1 is 0.667 bits per heavy atom. The van der Waals surface area contributed by atoms with Crippen molar-refractivity contribution >= 4 is 14.0 Å². The summed E-state index contributed by atoms with van der Waals surface area (Å²) in [5.74, 6) is -0.287. The molecular formula is C18H35BO2. The van der Waals surface area contributed by atoms with E-state index in [1.165, 1.54) is 83.5 Å². The molecule has 0 aliphatic heterocycles. The Bertz CT molecular complexity index is 219. The van der Waals surface area contributed by atoms with Gasteiger partial charge in [0.2, 0.25) is 0 Å². The molecule has 21 heavy (non-hydrogen) atoms. The van der Waals surface area contributed by atoms with E-state index >= 15 is 0 Å². The normalized spacial score (nSPS) is 10.7. The number of hydrogen-bond acceptors (Lipinski definition) is 2. The highest BCUT2D eigenvalue weighted by atomic mass is 16.5. The van der Waals surface area contributed by atoms with E-state index in [2.05, 4.69) is 11.6 Å². The molecule has 0 spiro atoms. The summed E-state index contributed by atoms with van der Waals surface area (Å²) in [6, 6.07) is 0. The molecule has 0 fully saturated rings. The highest BCUT2D eigenvalue weighted by Gasteiger charge is 1.98. The van der Waals surface area contributed by atoms with Crippen molar-refractivity contribution in [2.24, 2.45) is 0 Å². The van der Waals surface area contributed by atoms with Crippen LogP contribution in [0.3, 0.4) is 0 Å². The summed E-state index contributed by atoms with van der Waals surface area (Å²) < 4.78 is 4.13. The third kappa shape index (κ3) is 17.5. The van der Waals surface area contributed by atoms with Gasteiger partial charge in [0.05, 0.1) is 0 Å². The van der Waals surface area contributed by atoms with Gasteiger partial charge in [-0.25, -0.2) is 0 Å². The molecule has 2 nitrogen and oxygen atoms in total. The summed E-state index contributed by atoms with van der Waals surface area (Å²) in [6.07, 6.45) is 20.5. The van der Waals surface area contributed by atoms with Gasteiger partial charge in [-0.2, -0.15) is 0 Å². The van der Waals surface area contributed by atoms with Crippen LogP contribution in [0.25, 0.3) is 0 Å². The molecule has 0 aromatic carbocycles. The van der Waals surface area contributed by atoms with Gasteiger partial charge in [-0.05, 0) is 6.42 Å². The van der Waals surface area contributed by atoms with Crippen molar-refractivity contribution in [2.75, 3.05) is 0 Å². The van der Waals surface area contributed by atoms with Gasteiger partial charge in [0, 0.05) is 6.42 Å². The minimum atomic E-state index is -0.287. The van der Waals surface area contributed by atoms with Crippen LogP contribution in [0.2, 0.25) is 0 Å². The summed E-state index contributed by atoms with van der Waals surface area (Å²) in [5, 5.41) is 0. The van der Waals surface area contributed by atoms with Gasteiger partial charge < -0.3 is 4.65 Å². The van der Waals surface area contributed by atoms with Crippen LogP contribution in [0.4, 0.5) is 0 Å². The topological polar surface area (TPSA) is 26.3 Å². The molecule has 0 amide bonds. The Kier molecular flexibility index (Phi) is 17.2. The van der Waals surface area contributed by atoms with Crippen molar-refractivity contribution in [1.82, 2.24) is 0 Å². The minimum Gasteiger partial charge on any atom is -0.543 e. The van der Waals surface area contributed by atoms with Crippen molar-refractivity contribution in [1.29, 1.82) is 0 Å². The minimum absolute atomic E-state index is 0.287. The van der Waals surface area contributed by atoms with Crippen molar-refractivity contribution in [3.8, 4) is 0 Å². The largest absolute Gasteiger partial charge is 0.543 e. The second-order valence-electron chi connectivity index (χ2n) is 6.19. The Morgan fingerprint density at radius 2 is 1.00 bits per heavy atom. The molecule has 0 bridgehead atoms. The first-order valence-electron chi connectivity index (χ1n) is 9.20. The standard InChI is InChI=1S/C18H35BO2/c1-2-3-4-5-6-7-8-9-10-11-12-13-14-15-16-17-18(20)21-19/h2-17H2,1H3. The molecule has 0 aliphatic carbocycles. The van der Waals surface area contributed by atoms with Crippen LogP contribution in [0, 0.1) is 0 Å². The molecule has 0 aromatic rings. The molecule has 0 unspecified atom stereocenters. The number of carbonyl (C=O) groups excluding carboxylic acids is 1. The number of rotatable bonds is 16.